The van der Waals surface area contributed by atoms with Crippen molar-refractivity contribution in [3.8, 4) is 0 Å². The van der Waals surface area contributed by atoms with Crippen molar-refractivity contribution in [2.75, 3.05) is 37.7 Å². The van der Waals surface area contributed by atoms with Crippen molar-refractivity contribution >= 4 is 5.69 Å². The van der Waals surface area contributed by atoms with Gasteiger partial charge in [0.25, 0.3) is 0 Å². The number of para-hydroxylation sites is 1. The summed E-state index contributed by atoms with van der Waals surface area (Å²) < 4.78 is 5.48. The Hall–Kier alpha value is -1.10. The number of nitrogens with two attached hydrogens (primary N) is 1. The molecule has 0 saturated carbocycles. The van der Waals surface area contributed by atoms with E-state index in [1.807, 2.05) is 6.07 Å². The van der Waals surface area contributed by atoms with Crippen molar-refractivity contribution in [3.63, 3.8) is 0 Å². The molecule has 0 bridgehead atoms. The molecule has 3 N–H and O–H groups in total. The second-order valence-electron chi connectivity index (χ2n) is 6.45. The molecule has 4 heteroatoms. The van der Waals surface area contributed by atoms with E-state index in [-0.39, 0.29) is 5.41 Å². The number of rotatable bonds is 3. The lowest BCUT2D eigenvalue weighted by atomic mass is 9.63. The minimum Gasteiger partial charge on any atom is -0.389 e. The first-order valence-electron chi connectivity index (χ1n) is 7.99. The van der Waals surface area contributed by atoms with Crippen molar-refractivity contribution in [2.45, 2.75) is 31.3 Å². The predicted octanol–water partition coefficient (Wildman–Crippen LogP) is 1.77. The summed E-state index contributed by atoms with van der Waals surface area (Å²) in [5.41, 5.74) is 6.51. The lowest BCUT2D eigenvalue weighted by molar-refractivity contribution is -0.140. The van der Waals surface area contributed by atoms with Gasteiger partial charge in [0.1, 0.15) is 0 Å². The zero-order valence-electron chi connectivity index (χ0n) is 12.6. The van der Waals surface area contributed by atoms with Gasteiger partial charge in [-0.2, -0.15) is 0 Å². The normalized spacial score (nSPS) is 24.8. The van der Waals surface area contributed by atoms with E-state index in [9.17, 15) is 5.11 Å². The Balaban J connectivity index is 1.71. The van der Waals surface area contributed by atoms with E-state index in [1.165, 1.54) is 5.69 Å². The predicted molar refractivity (Wildman–Crippen MR) is 84.4 cm³/mol. The number of hydrogen-bond donors (Lipinski definition) is 2. The summed E-state index contributed by atoms with van der Waals surface area (Å²) in [6, 6.07) is 10.4. The molecule has 0 aromatic heterocycles. The first-order valence-corrected chi connectivity index (χ1v) is 7.99. The van der Waals surface area contributed by atoms with Crippen LogP contribution >= 0.6 is 0 Å². The lowest BCUT2D eigenvalue weighted by Crippen LogP contribution is -2.59. The van der Waals surface area contributed by atoms with E-state index >= 15 is 0 Å². The second kappa shape index (κ2) is 5.95. The highest BCUT2D eigenvalue weighted by atomic mass is 16.5. The van der Waals surface area contributed by atoms with E-state index in [1.54, 1.807) is 0 Å². The fourth-order valence-electron chi connectivity index (χ4n) is 3.93. The van der Waals surface area contributed by atoms with Gasteiger partial charge in [-0.15, -0.1) is 0 Å². The molecule has 0 atom stereocenters. The fraction of sp³-hybridized carbons (Fsp3) is 0.647. The highest BCUT2D eigenvalue weighted by Gasteiger charge is 2.51. The molecule has 2 aliphatic rings. The van der Waals surface area contributed by atoms with Crippen molar-refractivity contribution < 1.29 is 9.84 Å². The third-order valence-corrected chi connectivity index (χ3v) is 5.54. The molecule has 2 heterocycles. The Bertz CT molecular complexity index is 449. The minimum absolute atomic E-state index is 0.159. The second-order valence-corrected chi connectivity index (χ2v) is 6.45. The Morgan fingerprint density at radius 1 is 1.05 bits per heavy atom. The minimum atomic E-state index is -0.642. The zero-order valence-corrected chi connectivity index (χ0v) is 12.6. The highest BCUT2D eigenvalue weighted by Crippen LogP contribution is 2.46. The maximum atomic E-state index is 11.2. The Morgan fingerprint density at radius 3 is 2.24 bits per heavy atom. The van der Waals surface area contributed by atoms with Gasteiger partial charge in [-0.05, 0) is 37.8 Å². The molecule has 0 unspecified atom stereocenters. The van der Waals surface area contributed by atoms with E-state index in [0.29, 0.717) is 6.54 Å². The van der Waals surface area contributed by atoms with Crippen LogP contribution in [0.4, 0.5) is 5.69 Å². The van der Waals surface area contributed by atoms with Crippen LogP contribution in [-0.2, 0) is 4.74 Å². The lowest BCUT2D eigenvalue weighted by Gasteiger charge is -2.52. The van der Waals surface area contributed by atoms with Gasteiger partial charge in [0.2, 0.25) is 0 Å². The molecule has 3 rings (SSSR count). The summed E-state index contributed by atoms with van der Waals surface area (Å²) in [5, 5.41) is 11.2. The summed E-state index contributed by atoms with van der Waals surface area (Å²) in [6.45, 7) is 3.79. The molecule has 116 valence electrons. The number of aliphatic hydroxyl groups is 1. The molecule has 0 amide bonds. The molecule has 2 fully saturated rings. The number of nitrogens with zero attached hydrogens (tertiary/aromatic N) is 1. The Kier molecular flexibility index (Phi) is 4.20. The van der Waals surface area contributed by atoms with E-state index in [4.69, 9.17) is 10.5 Å². The van der Waals surface area contributed by atoms with Crippen LogP contribution < -0.4 is 10.6 Å². The van der Waals surface area contributed by atoms with Gasteiger partial charge >= 0.3 is 0 Å². The number of benzene rings is 1. The van der Waals surface area contributed by atoms with Crippen molar-refractivity contribution in [2.24, 2.45) is 11.1 Å². The zero-order chi connectivity index (χ0) is 14.8. The Morgan fingerprint density at radius 2 is 1.67 bits per heavy atom. The van der Waals surface area contributed by atoms with Gasteiger partial charge < -0.3 is 20.5 Å². The summed E-state index contributed by atoms with van der Waals surface area (Å²) in [4.78, 5) is 2.36. The van der Waals surface area contributed by atoms with Crippen LogP contribution in [0.1, 0.15) is 25.7 Å². The quantitative estimate of drug-likeness (QED) is 0.891. The molecule has 0 spiro atoms. The summed E-state index contributed by atoms with van der Waals surface area (Å²) in [6.07, 6.45) is 3.34. The molecule has 4 nitrogen and oxygen atoms in total. The molecule has 1 aromatic carbocycles. The van der Waals surface area contributed by atoms with Gasteiger partial charge in [0.15, 0.2) is 0 Å². The molecule has 0 aliphatic carbocycles. The number of hydrogen-bond acceptors (Lipinski definition) is 4. The van der Waals surface area contributed by atoms with Gasteiger partial charge in [-0.1, -0.05) is 18.2 Å². The number of piperidine rings is 1. The van der Waals surface area contributed by atoms with Crippen molar-refractivity contribution in [1.82, 2.24) is 0 Å². The van der Waals surface area contributed by atoms with E-state index < -0.39 is 5.60 Å². The molecule has 2 saturated heterocycles. The van der Waals surface area contributed by atoms with Gasteiger partial charge in [0, 0.05) is 44.0 Å². The molecular weight excluding hydrogens is 264 g/mol. The largest absolute Gasteiger partial charge is 0.389 e. The molecule has 0 radical (unpaired) electrons. The van der Waals surface area contributed by atoms with Crippen LogP contribution in [0.2, 0.25) is 0 Å². The maximum Gasteiger partial charge on any atom is 0.0751 e. The standard InChI is InChI=1S/C17H26N2O2/c18-14-16(8-12-21-13-9-16)17(20)6-10-19(11-7-17)15-4-2-1-3-5-15/h1-5,20H,6-14,18H2. The Labute approximate surface area is 126 Å². The molecule has 2 aliphatic heterocycles. The molecule has 21 heavy (non-hydrogen) atoms. The summed E-state index contributed by atoms with van der Waals surface area (Å²) in [7, 11) is 0. The van der Waals surface area contributed by atoms with Crippen LogP contribution in [0.3, 0.4) is 0 Å². The average molecular weight is 290 g/mol. The molecule has 1 aromatic rings. The first-order chi connectivity index (χ1) is 10.2. The summed E-state index contributed by atoms with van der Waals surface area (Å²) in [5.74, 6) is 0. The number of ether oxygens (including phenoxy) is 1. The monoisotopic (exact) mass is 290 g/mol. The van der Waals surface area contributed by atoms with Crippen LogP contribution in [0.5, 0.6) is 0 Å². The van der Waals surface area contributed by atoms with Gasteiger partial charge in [-0.3, -0.25) is 0 Å². The third kappa shape index (κ3) is 2.68. The molecular formula is C17H26N2O2. The van der Waals surface area contributed by atoms with Crippen molar-refractivity contribution in [3.05, 3.63) is 30.3 Å². The van der Waals surface area contributed by atoms with E-state index in [0.717, 1.165) is 52.0 Å². The van der Waals surface area contributed by atoms with Gasteiger partial charge in [-0.25, -0.2) is 0 Å². The smallest absolute Gasteiger partial charge is 0.0751 e. The van der Waals surface area contributed by atoms with Crippen LogP contribution in [0.25, 0.3) is 0 Å². The average Bonchev–Trinajstić information content (AvgIpc) is 2.57. The van der Waals surface area contributed by atoms with Gasteiger partial charge in [0.05, 0.1) is 5.60 Å². The highest BCUT2D eigenvalue weighted by molar-refractivity contribution is 5.46. The first kappa shape index (κ1) is 14.8. The van der Waals surface area contributed by atoms with Crippen LogP contribution in [0, 0.1) is 5.41 Å². The van der Waals surface area contributed by atoms with E-state index in [2.05, 4.69) is 29.2 Å². The number of anilines is 1. The summed E-state index contributed by atoms with van der Waals surface area (Å²) >= 11 is 0. The van der Waals surface area contributed by atoms with Crippen molar-refractivity contribution in [1.29, 1.82) is 0 Å². The van der Waals surface area contributed by atoms with Crippen LogP contribution in [-0.4, -0.2) is 43.6 Å². The third-order valence-electron chi connectivity index (χ3n) is 5.54. The fourth-order valence-corrected chi connectivity index (χ4v) is 3.93. The topological polar surface area (TPSA) is 58.7 Å². The maximum absolute atomic E-state index is 11.2. The van der Waals surface area contributed by atoms with Crippen LogP contribution in [0.15, 0.2) is 30.3 Å². The SMILES string of the molecule is NCC1(C2(O)CCN(c3ccccc3)CC2)CCOCC1.